The van der Waals surface area contributed by atoms with Gasteiger partial charge in [0.15, 0.2) is 0 Å². The van der Waals surface area contributed by atoms with Gasteiger partial charge >= 0.3 is 11.9 Å². The summed E-state index contributed by atoms with van der Waals surface area (Å²) in [6.07, 6.45) is 0. The highest BCUT2D eigenvalue weighted by Crippen LogP contribution is 2.25. The lowest BCUT2D eigenvalue weighted by molar-refractivity contribution is -0.147. The smallest absolute Gasteiger partial charge is 0.327 e. The zero-order valence-corrected chi connectivity index (χ0v) is 14.4. The van der Waals surface area contributed by atoms with Gasteiger partial charge in [-0.15, -0.1) is 0 Å². The fourth-order valence-corrected chi connectivity index (χ4v) is 3.89. The molecule has 0 saturated heterocycles. The van der Waals surface area contributed by atoms with Crippen LogP contribution in [0.4, 0.5) is 0 Å². The maximum absolute atomic E-state index is 11.2. The van der Waals surface area contributed by atoms with Gasteiger partial charge in [-0.25, -0.2) is 9.59 Å². The summed E-state index contributed by atoms with van der Waals surface area (Å²) in [5, 5.41) is 18.2. The molecule has 2 atom stereocenters. The third-order valence-corrected chi connectivity index (χ3v) is 5.42. The Kier molecular flexibility index (Phi) is 8.95. The summed E-state index contributed by atoms with van der Waals surface area (Å²) in [6, 6.07) is -1.97. The van der Waals surface area contributed by atoms with Gasteiger partial charge in [0, 0.05) is 39.4 Å². The summed E-state index contributed by atoms with van der Waals surface area (Å²) in [5.74, 6) is -2.74. The molecule has 0 aliphatic carbocycles. The minimum Gasteiger partial charge on any atom is -0.480 e. The standard InChI is InChI=1S/C12H20N2O6S2/c1-7(15)13(3)9(11(17)18)5-21-22-6-10(12(19)20)14(4)8(2)16/h9-10H,5-6H2,1-4H3,(H,17,18)(H,19,20)/t9-,10-/m0/s1. The van der Waals surface area contributed by atoms with Crippen LogP contribution in [0.5, 0.6) is 0 Å². The van der Waals surface area contributed by atoms with Crippen LogP contribution in [-0.2, 0) is 19.2 Å². The maximum Gasteiger partial charge on any atom is 0.327 e. The lowest BCUT2D eigenvalue weighted by atomic mass is 10.3. The molecule has 0 aromatic rings. The molecule has 0 aliphatic rings. The van der Waals surface area contributed by atoms with Crippen LogP contribution in [0.2, 0.25) is 0 Å². The van der Waals surface area contributed by atoms with E-state index >= 15 is 0 Å². The van der Waals surface area contributed by atoms with Crippen molar-refractivity contribution in [3.05, 3.63) is 0 Å². The first kappa shape index (κ1) is 20.6. The minimum absolute atomic E-state index is 0.117. The average Bonchev–Trinajstić information content (AvgIpc) is 2.40. The van der Waals surface area contributed by atoms with Gasteiger partial charge in [0.25, 0.3) is 0 Å². The minimum atomic E-state index is -1.12. The fourth-order valence-electron chi connectivity index (χ4n) is 1.36. The van der Waals surface area contributed by atoms with Crippen molar-refractivity contribution in [3.8, 4) is 0 Å². The van der Waals surface area contributed by atoms with Gasteiger partial charge in [-0.05, 0) is 0 Å². The highest BCUT2D eigenvalue weighted by molar-refractivity contribution is 8.76. The number of amides is 2. The van der Waals surface area contributed by atoms with Crippen LogP contribution in [0.25, 0.3) is 0 Å². The first-order valence-electron chi connectivity index (χ1n) is 6.26. The first-order chi connectivity index (χ1) is 10.1. The number of carboxylic acids is 2. The van der Waals surface area contributed by atoms with Crippen molar-refractivity contribution in [1.29, 1.82) is 0 Å². The molecule has 0 bridgehead atoms. The fraction of sp³-hybridized carbons (Fsp3) is 0.667. The first-order valence-corrected chi connectivity index (χ1v) is 8.75. The molecule has 22 heavy (non-hydrogen) atoms. The zero-order valence-electron chi connectivity index (χ0n) is 12.8. The van der Waals surface area contributed by atoms with Crippen molar-refractivity contribution in [3.63, 3.8) is 0 Å². The lowest BCUT2D eigenvalue weighted by Gasteiger charge is -2.24. The lowest BCUT2D eigenvalue weighted by Crippen LogP contribution is -2.43. The highest BCUT2D eigenvalue weighted by Gasteiger charge is 2.27. The van der Waals surface area contributed by atoms with E-state index in [1.54, 1.807) is 0 Å². The molecule has 0 spiro atoms. The number of nitrogens with zero attached hydrogens (tertiary/aromatic N) is 2. The Hall–Kier alpha value is -1.42. The number of likely N-dealkylation sites (N-methyl/N-ethyl adjacent to an activating group) is 2. The molecular formula is C12H20N2O6S2. The third-order valence-electron chi connectivity index (χ3n) is 3.03. The number of rotatable bonds is 9. The molecule has 2 amide bonds. The second-order valence-electron chi connectivity index (χ2n) is 4.54. The number of hydrogen-bond donors (Lipinski definition) is 2. The summed E-state index contributed by atoms with van der Waals surface area (Å²) in [7, 11) is 5.10. The second kappa shape index (κ2) is 9.57. The summed E-state index contributed by atoms with van der Waals surface area (Å²) < 4.78 is 0. The number of carbonyl (C=O) groups excluding carboxylic acids is 2. The molecule has 10 heteroatoms. The third kappa shape index (κ3) is 6.56. The average molecular weight is 352 g/mol. The highest BCUT2D eigenvalue weighted by atomic mass is 33.1. The predicted octanol–water partition coefficient (Wildman–Crippen LogP) is 0.231. The summed E-state index contributed by atoms with van der Waals surface area (Å²) in [4.78, 5) is 46.9. The molecule has 2 N–H and O–H groups in total. The molecular weight excluding hydrogens is 332 g/mol. The van der Waals surface area contributed by atoms with Gasteiger partial charge in [0.1, 0.15) is 12.1 Å². The Morgan fingerprint density at radius 3 is 1.27 bits per heavy atom. The van der Waals surface area contributed by atoms with Gasteiger partial charge in [-0.1, -0.05) is 21.6 Å². The molecule has 0 aliphatic heterocycles. The van der Waals surface area contributed by atoms with Crippen LogP contribution in [0.1, 0.15) is 13.8 Å². The Morgan fingerprint density at radius 1 is 0.818 bits per heavy atom. The van der Waals surface area contributed by atoms with Crippen molar-refractivity contribution in [1.82, 2.24) is 9.80 Å². The predicted molar refractivity (Wildman–Crippen MR) is 84.7 cm³/mol. The Balaban J connectivity index is 4.48. The van der Waals surface area contributed by atoms with E-state index in [1.807, 2.05) is 0 Å². The topological polar surface area (TPSA) is 115 Å². The van der Waals surface area contributed by atoms with Crippen LogP contribution in [0.3, 0.4) is 0 Å². The molecule has 8 nitrogen and oxygen atoms in total. The summed E-state index contributed by atoms with van der Waals surface area (Å²) in [6.45, 7) is 2.55. The molecule has 0 aromatic carbocycles. The maximum atomic E-state index is 11.2. The number of carboxylic acid groups (broad SMARTS) is 2. The Labute approximate surface area is 136 Å². The van der Waals surface area contributed by atoms with Crippen LogP contribution < -0.4 is 0 Å². The normalized spacial score (nSPS) is 13.1. The van der Waals surface area contributed by atoms with Crippen molar-refractivity contribution in [2.45, 2.75) is 25.9 Å². The molecule has 0 saturated carbocycles. The van der Waals surface area contributed by atoms with E-state index in [2.05, 4.69) is 0 Å². The van der Waals surface area contributed by atoms with Crippen LogP contribution in [-0.4, -0.2) is 81.5 Å². The van der Waals surface area contributed by atoms with Gasteiger partial charge in [0.2, 0.25) is 11.8 Å². The second-order valence-corrected chi connectivity index (χ2v) is 7.09. The van der Waals surface area contributed by atoms with E-state index in [0.717, 1.165) is 31.4 Å². The number of aliphatic carboxylic acids is 2. The number of carbonyl (C=O) groups is 4. The van der Waals surface area contributed by atoms with Crippen LogP contribution in [0, 0.1) is 0 Å². The molecule has 0 fully saturated rings. The van der Waals surface area contributed by atoms with Gasteiger partial charge in [0.05, 0.1) is 0 Å². The molecule has 0 unspecified atom stereocenters. The van der Waals surface area contributed by atoms with E-state index in [0.29, 0.717) is 0 Å². The van der Waals surface area contributed by atoms with E-state index in [1.165, 1.54) is 27.9 Å². The van der Waals surface area contributed by atoms with Crippen LogP contribution in [0.15, 0.2) is 0 Å². The molecule has 0 radical (unpaired) electrons. The molecule has 0 heterocycles. The van der Waals surface area contributed by atoms with Crippen molar-refractivity contribution in [2.75, 3.05) is 25.6 Å². The van der Waals surface area contributed by atoms with E-state index < -0.39 is 24.0 Å². The van der Waals surface area contributed by atoms with E-state index in [-0.39, 0.29) is 23.3 Å². The van der Waals surface area contributed by atoms with E-state index in [9.17, 15) is 19.2 Å². The van der Waals surface area contributed by atoms with Gasteiger partial charge in [-0.3, -0.25) is 9.59 Å². The van der Waals surface area contributed by atoms with Gasteiger partial charge < -0.3 is 20.0 Å². The largest absolute Gasteiger partial charge is 0.480 e. The Bertz CT molecular complexity index is 405. The van der Waals surface area contributed by atoms with E-state index in [4.69, 9.17) is 10.2 Å². The van der Waals surface area contributed by atoms with Crippen LogP contribution >= 0.6 is 21.6 Å². The van der Waals surface area contributed by atoms with Gasteiger partial charge in [-0.2, -0.15) is 0 Å². The molecule has 0 aromatic heterocycles. The summed E-state index contributed by atoms with van der Waals surface area (Å²) >= 11 is 0. The molecule has 0 rings (SSSR count). The molecule has 126 valence electrons. The quantitative estimate of drug-likeness (QED) is 0.448. The van der Waals surface area contributed by atoms with Crippen molar-refractivity contribution >= 4 is 45.3 Å². The summed E-state index contributed by atoms with van der Waals surface area (Å²) in [5.41, 5.74) is 0. The Morgan fingerprint density at radius 2 is 1.09 bits per heavy atom. The zero-order chi connectivity index (χ0) is 17.4. The van der Waals surface area contributed by atoms with Crippen molar-refractivity contribution in [2.24, 2.45) is 0 Å². The SMILES string of the molecule is CC(=O)N(C)[C@@H](CSSC[C@@H](C(=O)O)N(C)C(C)=O)C(=O)O. The monoisotopic (exact) mass is 352 g/mol. The number of hydrogen-bond acceptors (Lipinski definition) is 6. The van der Waals surface area contributed by atoms with Crippen molar-refractivity contribution < 1.29 is 29.4 Å².